The minimum absolute atomic E-state index is 0.881. The van der Waals surface area contributed by atoms with Crippen molar-refractivity contribution in [2.45, 2.75) is 0 Å². The number of hydrogen-bond acceptors (Lipinski definition) is 3. The van der Waals surface area contributed by atoms with Gasteiger partial charge in [-0.05, 0) is 36.4 Å². The molecule has 130 valence electrons. The van der Waals surface area contributed by atoms with E-state index in [2.05, 4.69) is 53.8 Å². The van der Waals surface area contributed by atoms with Crippen molar-refractivity contribution in [3.05, 3.63) is 97.1 Å². The zero-order valence-electron chi connectivity index (χ0n) is 14.6. The Bertz CT molecular complexity index is 1100. The van der Waals surface area contributed by atoms with Crippen LogP contribution in [0.25, 0.3) is 20.2 Å². The molecule has 0 bridgehead atoms. The lowest BCUT2D eigenvalue weighted by Gasteiger charge is -2.20. The summed E-state index contributed by atoms with van der Waals surface area (Å²) < 4.78 is 8.47. The molecule has 1 aliphatic rings. The summed E-state index contributed by atoms with van der Waals surface area (Å²) in [6.45, 7) is 0. The lowest BCUT2D eigenvalue weighted by Crippen LogP contribution is -2.01. The van der Waals surface area contributed by atoms with E-state index in [-0.39, 0.29) is 0 Å². The molecule has 0 spiro atoms. The Balaban J connectivity index is 0.000000119. The largest absolute Gasteiger partial charge is 0.453 e. The van der Waals surface area contributed by atoms with E-state index in [9.17, 15) is 0 Å². The van der Waals surface area contributed by atoms with E-state index in [1.165, 1.54) is 20.2 Å². The number of fused-ring (bicyclic) bond motifs is 5. The summed E-state index contributed by atoms with van der Waals surface area (Å²) in [7, 11) is 0. The first-order valence-electron chi connectivity index (χ1n) is 8.88. The second kappa shape index (κ2) is 6.78. The van der Waals surface area contributed by atoms with Crippen LogP contribution in [0.2, 0.25) is 0 Å². The number of rotatable bonds is 0. The molecule has 0 saturated heterocycles. The molecular formula is C24H17NOS. The Morgan fingerprint density at radius 2 is 0.963 bits per heavy atom. The van der Waals surface area contributed by atoms with Gasteiger partial charge in [-0.3, -0.25) is 0 Å². The van der Waals surface area contributed by atoms with E-state index in [1.807, 2.05) is 59.9 Å². The van der Waals surface area contributed by atoms with E-state index < -0.39 is 0 Å². The standard InChI is InChI=1S/C12H9NO.C12H8S/c1-3-7-11-9(5-1)13-10-6-2-4-8-12(10)14-11;1-3-7-11-9(5-1)10-6-2-4-8-12(10)13-11/h1-8,13H;1-8H. The molecule has 5 aromatic rings. The summed E-state index contributed by atoms with van der Waals surface area (Å²) in [4.78, 5) is 0. The highest BCUT2D eigenvalue weighted by atomic mass is 32.1. The van der Waals surface area contributed by atoms with Crippen LogP contribution in [0.3, 0.4) is 0 Å². The van der Waals surface area contributed by atoms with Gasteiger partial charge in [0.05, 0.1) is 11.4 Å². The van der Waals surface area contributed by atoms with E-state index in [4.69, 9.17) is 4.74 Å². The van der Waals surface area contributed by atoms with Crippen molar-refractivity contribution < 1.29 is 4.74 Å². The number of ether oxygens (including phenoxy) is 1. The van der Waals surface area contributed by atoms with Gasteiger partial charge < -0.3 is 10.1 Å². The average molecular weight is 367 g/mol. The van der Waals surface area contributed by atoms with Crippen molar-refractivity contribution in [1.29, 1.82) is 0 Å². The molecule has 0 saturated carbocycles. The average Bonchev–Trinajstić information content (AvgIpc) is 3.11. The third kappa shape index (κ3) is 3.03. The first-order valence-corrected chi connectivity index (χ1v) is 9.69. The van der Waals surface area contributed by atoms with Crippen LogP contribution in [0.1, 0.15) is 0 Å². The van der Waals surface area contributed by atoms with Crippen LogP contribution in [0.5, 0.6) is 11.5 Å². The van der Waals surface area contributed by atoms with E-state index in [1.54, 1.807) is 0 Å². The van der Waals surface area contributed by atoms with Gasteiger partial charge >= 0.3 is 0 Å². The van der Waals surface area contributed by atoms with Crippen molar-refractivity contribution >= 4 is 42.9 Å². The summed E-state index contributed by atoms with van der Waals surface area (Å²) >= 11 is 1.86. The Hall–Kier alpha value is -3.30. The van der Waals surface area contributed by atoms with Crippen LogP contribution < -0.4 is 10.1 Å². The number of thiophene rings is 1. The Kier molecular flexibility index (Phi) is 4.00. The maximum absolute atomic E-state index is 5.71. The molecule has 2 nitrogen and oxygen atoms in total. The normalized spacial score (nSPS) is 11.6. The summed E-state index contributed by atoms with van der Waals surface area (Å²) in [6, 6.07) is 33.0. The van der Waals surface area contributed by atoms with Gasteiger partial charge in [0, 0.05) is 20.2 Å². The zero-order valence-corrected chi connectivity index (χ0v) is 15.4. The van der Waals surface area contributed by atoms with Gasteiger partial charge in [-0.1, -0.05) is 60.7 Å². The van der Waals surface area contributed by atoms with Gasteiger partial charge in [-0.15, -0.1) is 11.3 Å². The highest BCUT2D eigenvalue weighted by Crippen LogP contribution is 2.41. The fraction of sp³-hybridized carbons (Fsp3) is 0. The lowest BCUT2D eigenvalue weighted by molar-refractivity contribution is 0.481. The second-order valence-electron chi connectivity index (χ2n) is 6.31. The summed E-state index contributed by atoms with van der Waals surface area (Å²) in [5.74, 6) is 1.76. The molecule has 27 heavy (non-hydrogen) atoms. The smallest absolute Gasteiger partial charge is 0.150 e. The van der Waals surface area contributed by atoms with Crippen LogP contribution in [0.15, 0.2) is 97.1 Å². The van der Waals surface area contributed by atoms with Gasteiger partial charge in [0.2, 0.25) is 0 Å². The molecular weight excluding hydrogens is 350 g/mol. The molecule has 1 aliphatic heterocycles. The maximum atomic E-state index is 5.71. The fourth-order valence-corrected chi connectivity index (χ4v) is 4.36. The molecule has 0 unspecified atom stereocenters. The summed E-state index contributed by atoms with van der Waals surface area (Å²) in [5, 5.41) is 6.07. The monoisotopic (exact) mass is 367 g/mol. The molecule has 0 radical (unpaired) electrons. The van der Waals surface area contributed by atoms with Crippen LogP contribution in [-0.4, -0.2) is 0 Å². The lowest BCUT2D eigenvalue weighted by atomic mass is 10.2. The molecule has 1 N–H and O–H groups in total. The van der Waals surface area contributed by atoms with Crippen LogP contribution >= 0.6 is 11.3 Å². The molecule has 2 heterocycles. The van der Waals surface area contributed by atoms with E-state index in [0.717, 1.165) is 22.9 Å². The fourth-order valence-electron chi connectivity index (χ4n) is 3.26. The van der Waals surface area contributed by atoms with Gasteiger partial charge in [0.1, 0.15) is 0 Å². The first-order chi connectivity index (χ1) is 13.4. The number of anilines is 2. The first kappa shape index (κ1) is 15.9. The zero-order chi connectivity index (χ0) is 18.1. The van der Waals surface area contributed by atoms with E-state index >= 15 is 0 Å². The molecule has 1 aromatic heterocycles. The molecule has 4 aromatic carbocycles. The maximum Gasteiger partial charge on any atom is 0.150 e. The molecule has 0 fully saturated rings. The number of benzene rings is 4. The predicted octanol–water partition coefficient (Wildman–Crippen LogP) is 7.59. The van der Waals surface area contributed by atoms with Gasteiger partial charge in [-0.2, -0.15) is 0 Å². The Morgan fingerprint density at radius 1 is 0.519 bits per heavy atom. The molecule has 6 rings (SSSR count). The van der Waals surface area contributed by atoms with E-state index in [0.29, 0.717) is 0 Å². The van der Waals surface area contributed by atoms with Crippen molar-refractivity contribution in [1.82, 2.24) is 0 Å². The number of nitrogens with one attached hydrogen (secondary N) is 1. The Morgan fingerprint density at radius 3 is 1.52 bits per heavy atom. The summed E-state index contributed by atoms with van der Waals surface area (Å²) in [6.07, 6.45) is 0. The van der Waals surface area contributed by atoms with Crippen molar-refractivity contribution in [3.8, 4) is 11.5 Å². The number of para-hydroxylation sites is 4. The minimum Gasteiger partial charge on any atom is -0.453 e. The van der Waals surface area contributed by atoms with Crippen LogP contribution in [-0.2, 0) is 0 Å². The Labute approximate surface area is 161 Å². The topological polar surface area (TPSA) is 21.3 Å². The number of hydrogen-bond donors (Lipinski definition) is 1. The molecule has 0 atom stereocenters. The minimum atomic E-state index is 0.881. The second-order valence-corrected chi connectivity index (χ2v) is 7.40. The van der Waals surface area contributed by atoms with Crippen molar-refractivity contribution in [2.24, 2.45) is 0 Å². The van der Waals surface area contributed by atoms with Crippen LogP contribution in [0.4, 0.5) is 11.4 Å². The van der Waals surface area contributed by atoms with Crippen molar-refractivity contribution in [2.75, 3.05) is 5.32 Å². The van der Waals surface area contributed by atoms with Crippen molar-refractivity contribution in [3.63, 3.8) is 0 Å². The highest BCUT2D eigenvalue weighted by molar-refractivity contribution is 7.25. The predicted molar refractivity (Wildman–Crippen MR) is 116 cm³/mol. The van der Waals surface area contributed by atoms with Gasteiger partial charge in [-0.25, -0.2) is 0 Å². The quantitative estimate of drug-likeness (QED) is 0.298. The molecule has 0 aliphatic carbocycles. The molecule has 0 amide bonds. The molecule has 3 heteroatoms. The van der Waals surface area contributed by atoms with Gasteiger partial charge in [0.15, 0.2) is 11.5 Å². The SMILES string of the molecule is c1ccc2c(c1)Nc1ccccc1O2.c1ccc2c(c1)sc1ccccc12. The van der Waals surface area contributed by atoms with Gasteiger partial charge in [0.25, 0.3) is 0 Å². The highest BCUT2D eigenvalue weighted by Gasteiger charge is 2.13. The third-order valence-electron chi connectivity index (χ3n) is 4.55. The summed E-state index contributed by atoms with van der Waals surface area (Å²) in [5.41, 5.74) is 2.04. The third-order valence-corrected chi connectivity index (χ3v) is 5.70. The van der Waals surface area contributed by atoms with Crippen LogP contribution in [0, 0.1) is 0 Å².